The van der Waals surface area contributed by atoms with E-state index in [0.717, 1.165) is 23.4 Å². The second-order valence-electron chi connectivity index (χ2n) is 5.12. The smallest absolute Gasteiger partial charge is 0.169 e. The zero-order valence-corrected chi connectivity index (χ0v) is 11.2. The van der Waals surface area contributed by atoms with Gasteiger partial charge in [0.1, 0.15) is 6.10 Å². The Hall–Kier alpha value is -0.570. The Balaban J connectivity index is 1.89. The topological polar surface area (TPSA) is 18.5 Å². The SMILES string of the molecule is [CH2]C[C@H]1OC2(CCCC2)O[C@@H]1c1ccccc1Cl. The van der Waals surface area contributed by atoms with Crippen LogP contribution in [0.2, 0.25) is 5.02 Å². The van der Waals surface area contributed by atoms with Gasteiger partial charge in [0.15, 0.2) is 5.79 Å². The molecule has 2 aliphatic rings. The van der Waals surface area contributed by atoms with Crippen LogP contribution < -0.4 is 0 Å². The summed E-state index contributed by atoms with van der Waals surface area (Å²) in [5, 5.41) is 0.750. The molecule has 1 aliphatic carbocycles. The predicted octanol–water partition coefficient (Wildman–Crippen LogP) is 4.29. The van der Waals surface area contributed by atoms with Crippen LogP contribution in [0.1, 0.15) is 43.8 Å². The minimum atomic E-state index is -0.369. The van der Waals surface area contributed by atoms with Gasteiger partial charge in [-0.1, -0.05) is 36.7 Å². The van der Waals surface area contributed by atoms with Gasteiger partial charge in [-0.2, -0.15) is 0 Å². The molecule has 0 bridgehead atoms. The van der Waals surface area contributed by atoms with E-state index in [9.17, 15) is 0 Å². The lowest BCUT2D eigenvalue weighted by Gasteiger charge is -2.22. The van der Waals surface area contributed by atoms with Gasteiger partial charge in [-0.3, -0.25) is 0 Å². The first-order valence-electron chi connectivity index (χ1n) is 6.63. The van der Waals surface area contributed by atoms with Crippen molar-refractivity contribution in [2.24, 2.45) is 0 Å². The van der Waals surface area contributed by atoms with Gasteiger partial charge in [-0.05, 0) is 25.3 Å². The van der Waals surface area contributed by atoms with Gasteiger partial charge in [0.25, 0.3) is 0 Å². The van der Waals surface area contributed by atoms with Gasteiger partial charge in [0, 0.05) is 23.4 Å². The van der Waals surface area contributed by atoms with Gasteiger partial charge in [0.2, 0.25) is 0 Å². The molecule has 2 nitrogen and oxygen atoms in total. The van der Waals surface area contributed by atoms with E-state index in [4.69, 9.17) is 21.1 Å². The summed E-state index contributed by atoms with van der Waals surface area (Å²) in [5.74, 6) is -0.369. The van der Waals surface area contributed by atoms with Crippen molar-refractivity contribution in [1.29, 1.82) is 0 Å². The van der Waals surface area contributed by atoms with E-state index >= 15 is 0 Å². The largest absolute Gasteiger partial charge is 0.344 e. The molecule has 97 valence electrons. The number of benzene rings is 1. The average Bonchev–Trinajstić information content (AvgIpc) is 2.98. The molecule has 0 amide bonds. The number of rotatable bonds is 2. The van der Waals surface area contributed by atoms with Crippen LogP contribution in [0.5, 0.6) is 0 Å². The summed E-state index contributed by atoms with van der Waals surface area (Å²) in [6, 6.07) is 7.85. The third-order valence-corrected chi connectivity index (χ3v) is 4.25. The van der Waals surface area contributed by atoms with Crippen molar-refractivity contribution in [2.45, 2.75) is 50.1 Å². The molecule has 1 saturated heterocycles. The highest BCUT2D eigenvalue weighted by Crippen LogP contribution is 2.48. The van der Waals surface area contributed by atoms with Gasteiger partial charge < -0.3 is 9.47 Å². The van der Waals surface area contributed by atoms with E-state index in [1.807, 2.05) is 24.3 Å². The zero-order valence-electron chi connectivity index (χ0n) is 10.4. The number of ether oxygens (including phenoxy) is 2. The highest BCUT2D eigenvalue weighted by Gasteiger charge is 2.49. The van der Waals surface area contributed by atoms with Gasteiger partial charge in [-0.15, -0.1) is 0 Å². The molecule has 3 heteroatoms. The van der Waals surface area contributed by atoms with Crippen molar-refractivity contribution in [3.8, 4) is 0 Å². The Bertz CT molecular complexity index is 426. The highest BCUT2D eigenvalue weighted by atomic mass is 35.5. The fourth-order valence-corrected chi connectivity index (χ4v) is 3.25. The van der Waals surface area contributed by atoms with Crippen LogP contribution in [0.15, 0.2) is 24.3 Å². The molecule has 2 atom stereocenters. The molecule has 1 saturated carbocycles. The maximum absolute atomic E-state index is 6.27. The van der Waals surface area contributed by atoms with Crippen molar-refractivity contribution in [2.75, 3.05) is 0 Å². The van der Waals surface area contributed by atoms with Gasteiger partial charge >= 0.3 is 0 Å². The Labute approximate surface area is 113 Å². The van der Waals surface area contributed by atoms with Crippen LogP contribution in [0.25, 0.3) is 0 Å². The van der Waals surface area contributed by atoms with Crippen LogP contribution in [0.4, 0.5) is 0 Å². The minimum Gasteiger partial charge on any atom is -0.344 e. The first-order chi connectivity index (χ1) is 8.74. The van der Waals surface area contributed by atoms with Crippen molar-refractivity contribution >= 4 is 11.6 Å². The summed E-state index contributed by atoms with van der Waals surface area (Å²) in [4.78, 5) is 0. The van der Waals surface area contributed by atoms with E-state index in [1.165, 1.54) is 12.8 Å². The first kappa shape index (κ1) is 12.5. The standard InChI is InChI=1S/C15H18ClO2/c1-2-13-14(11-7-3-4-8-12(11)16)18-15(17-13)9-5-6-10-15/h3-4,7-8,13-14H,1-2,5-6,9-10H2/t13-,14-/m1/s1. The van der Waals surface area contributed by atoms with Crippen LogP contribution in [-0.2, 0) is 9.47 Å². The van der Waals surface area contributed by atoms with E-state index in [0.29, 0.717) is 6.42 Å². The van der Waals surface area contributed by atoms with E-state index in [1.54, 1.807) is 0 Å². The molecular formula is C15H18ClO2. The molecule has 1 aliphatic heterocycles. The number of hydrogen-bond acceptors (Lipinski definition) is 2. The molecule has 0 aromatic heterocycles. The van der Waals surface area contributed by atoms with Crippen molar-refractivity contribution in [1.82, 2.24) is 0 Å². The van der Waals surface area contributed by atoms with Crippen LogP contribution in [0.3, 0.4) is 0 Å². The normalized spacial score (nSPS) is 30.1. The summed E-state index contributed by atoms with van der Waals surface area (Å²) in [6.45, 7) is 3.98. The number of halogens is 1. The van der Waals surface area contributed by atoms with E-state index in [2.05, 4.69) is 6.92 Å². The fraction of sp³-hybridized carbons (Fsp3) is 0.533. The van der Waals surface area contributed by atoms with Gasteiger partial charge in [-0.25, -0.2) is 0 Å². The van der Waals surface area contributed by atoms with Crippen molar-refractivity contribution < 1.29 is 9.47 Å². The summed E-state index contributed by atoms with van der Waals surface area (Å²) < 4.78 is 12.4. The van der Waals surface area contributed by atoms with Crippen molar-refractivity contribution in [3.05, 3.63) is 41.8 Å². The molecule has 1 radical (unpaired) electrons. The third-order valence-electron chi connectivity index (χ3n) is 3.91. The Morgan fingerprint density at radius 3 is 2.61 bits per heavy atom. The molecule has 18 heavy (non-hydrogen) atoms. The molecule has 1 spiro atoms. The summed E-state index contributed by atoms with van der Waals surface area (Å²) in [5.41, 5.74) is 1.02. The summed E-state index contributed by atoms with van der Waals surface area (Å²) in [6.07, 6.45) is 4.99. The van der Waals surface area contributed by atoms with Crippen LogP contribution in [-0.4, -0.2) is 11.9 Å². The lowest BCUT2D eigenvalue weighted by molar-refractivity contribution is -0.169. The van der Waals surface area contributed by atoms with E-state index in [-0.39, 0.29) is 18.0 Å². The minimum absolute atomic E-state index is 0.0167. The third kappa shape index (κ3) is 2.07. The van der Waals surface area contributed by atoms with Crippen molar-refractivity contribution in [3.63, 3.8) is 0 Å². The molecule has 2 fully saturated rings. The Morgan fingerprint density at radius 1 is 1.22 bits per heavy atom. The quantitative estimate of drug-likeness (QED) is 0.794. The maximum Gasteiger partial charge on any atom is 0.169 e. The second kappa shape index (κ2) is 4.84. The molecule has 0 N–H and O–H groups in total. The zero-order chi connectivity index (χ0) is 12.6. The summed E-state index contributed by atoms with van der Waals surface area (Å²) in [7, 11) is 0. The Morgan fingerprint density at radius 2 is 1.94 bits per heavy atom. The fourth-order valence-electron chi connectivity index (χ4n) is 3.00. The lowest BCUT2D eigenvalue weighted by Crippen LogP contribution is -2.26. The summed E-state index contributed by atoms with van der Waals surface area (Å²) >= 11 is 6.27. The number of hydrogen-bond donors (Lipinski definition) is 0. The first-order valence-corrected chi connectivity index (χ1v) is 7.01. The molecule has 0 unspecified atom stereocenters. The molecular weight excluding hydrogens is 248 g/mol. The van der Waals surface area contributed by atoms with Crippen LogP contribution in [0, 0.1) is 6.92 Å². The average molecular weight is 266 g/mol. The van der Waals surface area contributed by atoms with E-state index < -0.39 is 0 Å². The highest BCUT2D eigenvalue weighted by molar-refractivity contribution is 6.31. The lowest BCUT2D eigenvalue weighted by atomic mass is 10.0. The van der Waals surface area contributed by atoms with Gasteiger partial charge in [0.05, 0.1) is 6.10 Å². The molecule has 1 aromatic carbocycles. The molecule has 1 heterocycles. The molecule has 1 aromatic rings. The van der Waals surface area contributed by atoms with Crippen LogP contribution >= 0.6 is 11.6 Å². The molecule has 3 rings (SSSR count). The second-order valence-corrected chi connectivity index (χ2v) is 5.53. The maximum atomic E-state index is 6.27. The monoisotopic (exact) mass is 265 g/mol. The Kier molecular flexibility index (Phi) is 3.35. The predicted molar refractivity (Wildman–Crippen MR) is 71.3 cm³/mol.